The lowest BCUT2D eigenvalue weighted by Gasteiger charge is -2.20. The summed E-state index contributed by atoms with van der Waals surface area (Å²) in [5.74, 6) is 0.162. The van der Waals surface area contributed by atoms with E-state index in [4.69, 9.17) is 9.84 Å². The fourth-order valence-corrected chi connectivity index (χ4v) is 3.39. The van der Waals surface area contributed by atoms with Gasteiger partial charge >= 0.3 is 5.97 Å². The molecule has 0 heterocycles. The van der Waals surface area contributed by atoms with Crippen molar-refractivity contribution >= 4 is 17.7 Å². The number of ether oxygens (including phenoxy) is 1. The van der Waals surface area contributed by atoms with Crippen LogP contribution in [0.15, 0.2) is 17.0 Å². The summed E-state index contributed by atoms with van der Waals surface area (Å²) in [4.78, 5) is 12.3. The van der Waals surface area contributed by atoms with Crippen molar-refractivity contribution in [1.82, 2.24) is 0 Å². The van der Waals surface area contributed by atoms with Gasteiger partial charge in [-0.25, -0.2) is 0 Å². The predicted molar refractivity (Wildman–Crippen MR) is 77.3 cm³/mol. The van der Waals surface area contributed by atoms with E-state index in [1.807, 2.05) is 6.26 Å². The number of rotatable bonds is 6. The van der Waals surface area contributed by atoms with Crippen molar-refractivity contribution in [2.75, 3.05) is 13.4 Å². The average molecular weight is 280 g/mol. The highest BCUT2D eigenvalue weighted by molar-refractivity contribution is 7.98. The first-order valence-corrected chi connectivity index (χ1v) is 7.76. The maximum absolute atomic E-state index is 11.1. The summed E-state index contributed by atoms with van der Waals surface area (Å²) in [5.41, 5.74) is 2.17. The van der Waals surface area contributed by atoms with Gasteiger partial charge in [-0.2, -0.15) is 0 Å². The number of carboxylic acid groups (broad SMARTS) is 1. The van der Waals surface area contributed by atoms with Crippen LogP contribution < -0.4 is 4.74 Å². The third-order valence-corrected chi connectivity index (χ3v) is 4.68. The van der Waals surface area contributed by atoms with Gasteiger partial charge < -0.3 is 9.84 Å². The van der Waals surface area contributed by atoms with Crippen molar-refractivity contribution in [1.29, 1.82) is 0 Å². The molecule has 0 aliphatic heterocycles. The van der Waals surface area contributed by atoms with Gasteiger partial charge in [0.1, 0.15) is 5.75 Å². The van der Waals surface area contributed by atoms with Gasteiger partial charge in [0, 0.05) is 10.3 Å². The molecule has 1 fully saturated rings. The van der Waals surface area contributed by atoms with Gasteiger partial charge in [0.05, 0.1) is 13.5 Å². The zero-order chi connectivity index (χ0) is 14.0. The highest BCUT2D eigenvalue weighted by Crippen LogP contribution is 2.54. The summed E-state index contributed by atoms with van der Waals surface area (Å²) in [6.07, 6.45) is 5.10. The molecule has 0 atom stereocenters. The monoisotopic (exact) mass is 280 g/mol. The quantitative estimate of drug-likeness (QED) is 0.810. The number of thioether (sulfide) groups is 1. The fraction of sp³-hybridized carbons (Fsp3) is 0.533. The molecular formula is C15H20O3S. The van der Waals surface area contributed by atoms with Crippen LogP contribution in [-0.2, 0) is 16.6 Å². The summed E-state index contributed by atoms with van der Waals surface area (Å²) >= 11 is 1.69. The lowest BCUT2D eigenvalue weighted by atomic mass is 9.91. The molecule has 0 aromatic heterocycles. The fourth-order valence-electron chi connectivity index (χ4n) is 2.63. The van der Waals surface area contributed by atoms with Crippen LogP contribution in [-0.4, -0.2) is 24.4 Å². The summed E-state index contributed by atoms with van der Waals surface area (Å²) in [6, 6.07) is 4.21. The van der Waals surface area contributed by atoms with Crippen LogP contribution in [0.5, 0.6) is 5.75 Å². The minimum atomic E-state index is -0.719. The Morgan fingerprint density at radius 3 is 2.58 bits per heavy atom. The second-order valence-electron chi connectivity index (χ2n) is 5.07. The van der Waals surface area contributed by atoms with E-state index in [2.05, 4.69) is 19.1 Å². The average Bonchev–Trinajstić information content (AvgIpc) is 3.16. The van der Waals surface area contributed by atoms with Gasteiger partial charge in [-0.1, -0.05) is 6.92 Å². The number of hydrogen-bond acceptors (Lipinski definition) is 3. The van der Waals surface area contributed by atoms with Gasteiger partial charge in [-0.3, -0.25) is 4.79 Å². The number of carboxylic acids is 1. The lowest BCUT2D eigenvalue weighted by molar-refractivity contribution is -0.137. The van der Waals surface area contributed by atoms with Crippen molar-refractivity contribution in [2.45, 2.75) is 42.9 Å². The molecule has 0 saturated heterocycles. The molecule has 1 saturated carbocycles. The van der Waals surface area contributed by atoms with Crippen LogP contribution in [0.25, 0.3) is 0 Å². The second-order valence-corrected chi connectivity index (χ2v) is 5.92. The van der Waals surface area contributed by atoms with E-state index in [1.54, 1.807) is 18.9 Å². The summed E-state index contributed by atoms with van der Waals surface area (Å²) < 4.78 is 5.45. The molecule has 0 spiro atoms. The van der Waals surface area contributed by atoms with Gasteiger partial charge in [0.15, 0.2) is 0 Å². The number of methoxy groups -OCH3 is 1. The van der Waals surface area contributed by atoms with Crippen molar-refractivity contribution in [2.24, 2.45) is 0 Å². The van der Waals surface area contributed by atoms with Crippen LogP contribution in [0.4, 0.5) is 0 Å². The zero-order valence-electron chi connectivity index (χ0n) is 11.7. The SMILES string of the molecule is CCc1cc(SC)c(C2(CC(=O)O)CC2)cc1OC. The molecule has 1 aromatic carbocycles. The second kappa shape index (κ2) is 5.45. The van der Waals surface area contributed by atoms with Crippen LogP contribution in [0.2, 0.25) is 0 Å². The van der Waals surface area contributed by atoms with E-state index < -0.39 is 5.97 Å². The number of hydrogen-bond donors (Lipinski definition) is 1. The molecule has 0 radical (unpaired) electrons. The first kappa shape index (κ1) is 14.3. The Bertz CT molecular complexity index is 492. The minimum Gasteiger partial charge on any atom is -0.496 e. The molecule has 19 heavy (non-hydrogen) atoms. The zero-order valence-corrected chi connectivity index (χ0v) is 12.5. The Kier molecular flexibility index (Phi) is 4.09. The maximum Gasteiger partial charge on any atom is 0.304 e. The maximum atomic E-state index is 11.1. The normalized spacial score (nSPS) is 16.2. The molecule has 3 nitrogen and oxygen atoms in total. The van der Waals surface area contributed by atoms with Crippen molar-refractivity contribution in [3.8, 4) is 5.75 Å². The minimum absolute atomic E-state index is 0.163. The third kappa shape index (κ3) is 2.73. The molecule has 1 aromatic rings. The topological polar surface area (TPSA) is 46.5 Å². The first-order chi connectivity index (χ1) is 9.06. The Morgan fingerprint density at radius 2 is 2.16 bits per heavy atom. The molecule has 4 heteroatoms. The smallest absolute Gasteiger partial charge is 0.304 e. The molecule has 104 valence electrons. The molecule has 1 aliphatic carbocycles. The Morgan fingerprint density at radius 1 is 1.47 bits per heavy atom. The number of aliphatic carboxylic acids is 1. The van der Waals surface area contributed by atoms with Gasteiger partial charge in [0.2, 0.25) is 0 Å². The molecule has 2 rings (SSSR count). The highest BCUT2D eigenvalue weighted by Gasteiger charge is 2.47. The van der Waals surface area contributed by atoms with Gasteiger partial charge in [0.25, 0.3) is 0 Å². The lowest BCUT2D eigenvalue weighted by Crippen LogP contribution is -2.14. The van der Waals surface area contributed by atoms with Gasteiger partial charge in [-0.15, -0.1) is 11.8 Å². The van der Waals surface area contributed by atoms with Crippen LogP contribution in [0.1, 0.15) is 37.3 Å². The van der Waals surface area contributed by atoms with E-state index >= 15 is 0 Å². The number of benzene rings is 1. The standard InChI is InChI=1S/C15H20O3S/c1-4-10-7-13(19-3)11(8-12(10)18-2)15(5-6-15)9-14(16)17/h7-8H,4-6,9H2,1-3H3,(H,16,17). The molecule has 1 N–H and O–H groups in total. The largest absolute Gasteiger partial charge is 0.496 e. The Balaban J connectivity index is 2.47. The van der Waals surface area contributed by atoms with E-state index in [1.165, 1.54) is 10.5 Å². The van der Waals surface area contributed by atoms with E-state index in [-0.39, 0.29) is 11.8 Å². The molecule has 0 amide bonds. The van der Waals surface area contributed by atoms with Crippen molar-refractivity contribution in [3.63, 3.8) is 0 Å². The van der Waals surface area contributed by atoms with Crippen molar-refractivity contribution in [3.05, 3.63) is 23.3 Å². The molecule has 0 unspecified atom stereocenters. The molecule has 1 aliphatic rings. The third-order valence-electron chi connectivity index (χ3n) is 3.90. The van der Waals surface area contributed by atoms with Crippen LogP contribution in [0.3, 0.4) is 0 Å². The Labute approximate surface area is 118 Å². The summed E-state index contributed by atoms with van der Waals surface area (Å²) in [6.45, 7) is 2.10. The van der Waals surface area contributed by atoms with Crippen LogP contribution >= 0.6 is 11.8 Å². The molecule has 0 bridgehead atoms. The first-order valence-electron chi connectivity index (χ1n) is 6.53. The molecular weight excluding hydrogens is 260 g/mol. The van der Waals surface area contributed by atoms with Crippen molar-refractivity contribution < 1.29 is 14.6 Å². The number of aryl methyl sites for hydroxylation is 1. The predicted octanol–water partition coefficient (Wildman–Crippen LogP) is 3.49. The summed E-state index contributed by atoms with van der Waals surface area (Å²) in [7, 11) is 1.67. The van der Waals surface area contributed by atoms with E-state index in [0.29, 0.717) is 0 Å². The Hall–Kier alpha value is -1.16. The summed E-state index contributed by atoms with van der Waals surface area (Å²) in [5, 5.41) is 9.10. The highest BCUT2D eigenvalue weighted by atomic mass is 32.2. The van der Waals surface area contributed by atoms with Crippen LogP contribution in [0, 0.1) is 0 Å². The number of carbonyl (C=O) groups is 1. The van der Waals surface area contributed by atoms with E-state index in [9.17, 15) is 4.79 Å². The van der Waals surface area contributed by atoms with E-state index in [0.717, 1.165) is 30.6 Å². The van der Waals surface area contributed by atoms with Gasteiger partial charge in [-0.05, 0) is 48.8 Å².